The number of carboxylic acid groups (broad SMARTS) is 1. The van der Waals surface area contributed by atoms with Gasteiger partial charge in [0.1, 0.15) is 11.7 Å². The van der Waals surface area contributed by atoms with Crippen molar-refractivity contribution in [2.45, 2.75) is 18.6 Å². The molecule has 2 heterocycles. The summed E-state index contributed by atoms with van der Waals surface area (Å²) in [4.78, 5) is 33.2. The van der Waals surface area contributed by atoms with Crippen LogP contribution in [0, 0.1) is 0 Å². The van der Waals surface area contributed by atoms with Gasteiger partial charge < -0.3 is 14.8 Å². The fourth-order valence-electron chi connectivity index (χ4n) is 4.18. The quantitative estimate of drug-likeness (QED) is 0.229. The molecule has 0 bridgehead atoms. The van der Waals surface area contributed by atoms with Crippen LogP contribution in [0.1, 0.15) is 21.7 Å². The summed E-state index contributed by atoms with van der Waals surface area (Å²) in [6.45, 7) is 0. The van der Waals surface area contributed by atoms with Gasteiger partial charge in [-0.15, -0.1) is 0 Å². The summed E-state index contributed by atoms with van der Waals surface area (Å²) < 4.78 is 45.3. The zero-order chi connectivity index (χ0) is 28.4. The minimum absolute atomic E-state index is 0.0291. The molecule has 1 unspecified atom stereocenters. The Labute approximate surface area is 230 Å². The van der Waals surface area contributed by atoms with E-state index in [9.17, 15) is 27.9 Å². The number of hydrogen-bond acceptors (Lipinski definition) is 5. The Morgan fingerprint density at radius 3 is 2.38 bits per heavy atom. The molecule has 0 radical (unpaired) electrons. The molecule has 202 valence electrons. The third kappa shape index (κ3) is 5.67. The molecule has 3 aromatic carbocycles. The van der Waals surface area contributed by atoms with Crippen LogP contribution in [0.2, 0.25) is 5.02 Å². The van der Waals surface area contributed by atoms with Crippen LogP contribution in [0.4, 0.5) is 13.2 Å². The number of aliphatic carboxylic acids is 1. The number of oxazole rings is 1. The lowest BCUT2D eigenvalue weighted by atomic mass is 10.0. The zero-order valence-electron chi connectivity index (χ0n) is 20.4. The van der Waals surface area contributed by atoms with Gasteiger partial charge in [0, 0.05) is 28.8 Å². The van der Waals surface area contributed by atoms with E-state index in [0.29, 0.717) is 16.1 Å². The van der Waals surface area contributed by atoms with E-state index in [0.717, 1.165) is 29.1 Å². The lowest BCUT2D eigenvalue weighted by molar-refractivity contribution is -0.141. The van der Waals surface area contributed by atoms with Crippen LogP contribution in [-0.2, 0) is 17.4 Å². The van der Waals surface area contributed by atoms with Crippen LogP contribution in [-0.4, -0.2) is 33.0 Å². The first-order chi connectivity index (χ1) is 19.1. The predicted molar refractivity (Wildman–Crippen MR) is 142 cm³/mol. The number of nitrogens with one attached hydrogen (secondary N) is 1. The van der Waals surface area contributed by atoms with Gasteiger partial charge in [-0.1, -0.05) is 60.1 Å². The van der Waals surface area contributed by atoms with Gasteiger partial charge in [-0.3, -0.25) is 9.78 Å². The van der Waals surface area contributed by atoms with Crippen molar-refractivity contribution in [3.63, 3.8) is 0 Å². The molecule has 11 heteroatoms. The summed E-state index contributed by atoms with van der Waals surface area (Å²) in [5.41, 5.74) is -0.214. The fourth-order valence-corrected chi connectivity index (χ4v) is 4.30. The highest BCUT2D eigenvalue weighted by Crippen LogP contribution is 2.35. The molecule has 40 heavy (non-hydrogen) atoms. The largest absolute Gasteiger partial charge is 0.480 e. The number of hydrogen-bond donors (Lipinski definition) is 2. The number of carbonyl (C=O) groups excluding carboxylic acids is 1. The lowest BCUT2D eigenvalue weighted by Crippen LogP contribution is -2.42. The molecule has 0 aliphatic heterocycles. The average molecular weight is 566 g/mol. The van der Waals surface area contributed by atoms with Crippen molar-refractivity contribution >= 4 is 34.2 Å². The number of nitrogens with zero attached hydrogens (tertiary/aromatic N) is 2. The third-order valence-corrected chi connectivity index (χ3v) is 6.39. The number of rotatable bonds is 7. The van der Waals surface area contributed by atoms with Crippen molar-refractivity contribution in [2.24, 2.45) is 0 Å². The number of carboxylic acids is 1. The highest BCUT2D eigenvalue weighted by atomic mass is 35.5. The minimum atomic E-state index is -4.66. The van der Waals surface area contributed by atoms with Crippen molar-refractivity contribution < 1.29 is 32.3 Å². The third-order valence-electron chi connectivity index (χ3n) is 6.13. The molecule has 0 saturated heterocycles. The maximum atomic E-state index is 13.4. The highest BCUT2D eigenvalue weighted by Gasteiger charge is 2.33. The molecule has 2 N–H and O–H groups in total. The Morgan fingerprint density at radius 1 is 0.975 bits per heavy atom. The van der Waals surface area contributed by atoms with Crippen molar-refractivity contribution in [3.05, 3.63) is 107 Å². The molecule has 0 aliphatic carbocycles. The van der Waals surface area contributed by atoms with Crippen LogP contribution in [0.5, 0.6) is 0 Å². The van der Waals surface area contributed by atoms with Crippen LogP contribution in [0.25, 0.3) is 33.6 Å². The summed E-state index contributed by atoms with van der Waals surface area (Å²) in [5, 5.41) is 14.3. The summed E-state index contributed by atoms with van der Waals surface area (Å²) in [6.07, 6.45) is -3.79. The maximum Gasteiger partial charge on any atom is 0.433 e. The van der Waals surface area contributed by atoms with Gasteiger partial charge in [0.15, 0.2) is 11.5 Å². The summed E-state index contributed by atoms with van der Waals surface area (Å²) in [7, 11) is 0. The average Bonchev–Trinajstić information content (AvgIpc) is 3.38. The number of pyridine rings is 1. The first kappa shape index (κ1) is 26.9. The Balaban J connectivity index is 1.56. The molecular weight excluding hydrogens is 547 g/mol. The Kier molecular flexibility index (Phi) is 7.27. The molecule has 0 aliphatic rings. The molecule has 0 spiro atoms. The smallest absolute Gasteiger partial charge is 0.433 e. The molecular formula is C29H19ClF3N3O4. The second-order valence-electron chi connectivity index (χ2n) is 8.85. The molecule has 1 atom stereocenters. The Bertz CT molecular complexity index is 1700. The van der Waals surface area contributed by atoms with E-state index >= 15 is 0 Å². The number of alkyl halides is 3. The molecule has 0 fully saturated rings. The molecule has 5 aromatic rings. The minimum Gasteiger partial charge on any atom is -0.480 e. The van der Waals surface area contributed by atoms with Crippen LogP contribution in [0.3, 0.4) is 0 Å². The molecule has 2 aromatic heterocycles. The van der Waals surface area contributed by atoms with Crippen molar-refractivity contribution in [3.8, 4) is 22.8 Å². The lowest BCUT2D eigenvalue weighted by Gasteiger charge is -2.14. The maximum absolute atomic E-state index is 13.4. The predicted octanol–water partition coefficient (Wildman–Crippen LogP) is 6.65. The van der Waals surface area contributed by atoms with Crippen molar-refractivity contribution in [1.29, 1.82) is 0 Å². The van der Waals surface area contributed by atoms with E-state index in [4.69, 9.17) is 16.0 Å². The van der Waals surface area contributed by atoms with Gasteiger partial charge in [-0.2, -0.15) is 13.2 Å². The molecule has 1 amide bonds. The Morgan fingerprint density at radius 2 is 1.70 bits per heavy atom. The Hall–Kier alpha value is -4.70. The monoisotopic (exact) mass is 565 g/mol. The van der Waals surface area contributed by atoms with E-state index in [1.165, 1.54) is 0 Å². The van der Waals surface area contributed by atoms with Gasteiger partial charge in [0.25, 0.3) is 5.91 Å². The standard InChI is InChI=1S/C29H19ClF3N3O4/c30-19-11-8-16(9-12-19)14-22(28(38)39)35-26(37)24-25(18-10-13-23(34-15-18)29(31,32)33)40-27(36-24)21-7-3-5-17-4-1-2-6-20(17)21/h1-13,15,22H,14H2,(H,35,37)(H,38,39). The van der Waals surface area contributed by atoms with Crippen LogP contribution >= 0.6 is 11.6 Å². The van der Waals surface area contributed by atoms with E-state index in [2.05, 4.69) is 15.3 Å². The SMILES string of the molecule is O=C(NC(Cc1ccc(Cl)cc1)C(=O)O)c1nc(-c2cccc3ccccc23)oc1-c1ccc(C(F)(F)F)nc1. The van der Waals surface area contributed by atoms with Crippen LogP contribution in [0.15, 0.2) is 89.5 Å². The number of halogens is 4. The van der Waals surface area contributed by atoms with E-state index in [1.54, 1.807) is 36.4 Å². The van der Waals surface area contributed by atoms with Gasteiger partial charge >= 0.3 is 12.1 Å². The number of benzene rings is 3. The second-order valence-corrected chi connectivity index (χ2v) is 9.28. The van der Waals surface area contributed by atoms with Crippen molar-refractivity contribution in [1.82, 2.24) is 15.3 Å². The first-order valence-corrected chi connectivity index (χ1v) is 12.3. The summed E-state index contributed by atoms with van der Waals surface area (Å²) in [6, 6.07) is 19.8. The van der Waals surface area contributed by atoms with Crippen molar-refractivity contribution in [2.75, 3.05) is 0 Å². The molecule has 7 nitrogen and oxygen atoms in total. The van der Waals surface area contributed by atoms with Gasteiger partial charge in [0.2, 0.25) is 5.89 Å². The topological polar surface area (TPSA) is 105 Å². The van der Waals surface area contributed by atoms with Gasteiger partial charge in [-0.25, -0.2) is 9.78 Å². The fraction of sp³-hybridized carbons (Fsp3) is 0.103. The summed E-state index contributed by atoms with van der Waals surface area (Å²) in [5.74, 6) is -2.30. The van der Waals surface area contributed by atoms with Crippen LogP contribution < -0.4 is 5.32 Å². The first-order valence-electron chi connectivity index (χ1n) is 11.9. The number of fused-ring (bicyclic) bond motifs is 1. The zero-order valence-corrected chi connectivity index (χ0v) is 21.2. The number of aromatic nitrogens is 2. The van der Waals surface area contributed by atoms with Gasteiger partial charge in [-0.05, 0) is 46.7 Å². The van der Waals surface area contributed by atoms with E-state index < -0.39 is 29.8 Å². The molecule has 0 saturated carbocycles. The molecule has 5 rings (SSSR count). The highest BCUT2D eigenvalue weighted by molar-refractivity contribution is 6.30. The van der Waals surface area contributed by atoms with E-state index in [1.807, 2.05) is 30.3 Å². The number of amides is 1. The normalized spacial score (nSPS) is 12.3. The van der Waals surface area contributed by atoms with Gasteiger partial charge in [0.05, 0.1) is 0 Å². The van der Waals surface area contributed by atoms with E-state index in [-0.39, 0.29) is 29.3 Å². The number of carbonyl (C=O) groups is 2. The summed E-state index contributed by atoms with van der Waals surface area (Å²) >= 11 is 5.90. The second kappa shape index (κ2) is 10.8.